The number of fused-ring (bicyclic) bond motifs is 1. The van der Waals surface area contributed by atoms with E-state index in [1.54, 1.807) is 0 Å². The second-order valence-corrected chi connectivity index (χ2v) is 4.81. The molecule has 9 heteroatoms. The van der Waals surface area contributed by atoms with E-state index in [-0.39, 0.29) is 11.7 Å². The van der Waals surface area contributed by atoms with Crippen molar-refractivity contribution in [3.05, 3.63) is 11.8 Å². The number of hydrogen-bond donors (Lipinski definition) is 6. The zero-order valence-corrected chi connectivity index (χ0v) is 10.3. The van der Waals surface area contributed by atoms with Crippen LogP contribution < -0.4 is 10.6 Å². The number of nitrogens with zero attached hydrogens (tertiary/aromatic N) is 1. The Bertz CT molecular complexity index is 531. The van der Waals surface area contributed by atoms with Crippen LogP contribution in [0.5, 0.6) is 0 Å². The minimum Gasteiger partial charge on any atom is -0.394 e. The summed E-state index contributed by atoms with van der Waals surface area (Å²) in [5.74, 6) is -0.657. The molecule has 108 valence electrons. The molecule has 0 saturated carbocycles. The molecule has 1 unspecified atom stereocenters. The molecule has 0 radical (unpaired) electrons. The Balaban J connectivity index is 1.83. The summed E-state index contributed by atoms with van der Waals surface area (Å²) in [5.41, 5.74) is 0.621. The van der Waals surface area contributed by atoms with Gasteiger partial charge in [0.2, 0.25) is 0 Å². The number of rotatable bonds is 2. The summed E-state index contributed by atoms with van der Waals surface area (Å²) in [6, 6.07) is -0.666. The van der Waals surface area contributed by atoms with Crippen molar-refractivity contribution in [3.63, 3.8) is 0 Å². The van der Waals surface area contributed by atoms with Crippen molar-refractivity contribution in [1.29, 1.82) is 5.41 Å². The molecule has 0 bridgehead atoms. The lowest BCUT2D eigenvalue weighted by atomic mass is 9.94. The summed E-state index contributed by atoms with van der Waals surface area (Å²) >= 11 is 0. The summed E-state index contributed by atoms with van der Waals surface area (Å²) in [4.78, 5) is 15.6. The van der Waals surface area contributed by atoms with Gasteiger partial charge in [0, 0.05) is 11.8 Å². The molecule has 0 aliphatic carbocycles. The second-order valence-electron chi connectivity index (χ2n) is 4.81. The highest BCUT2D eigenvalue weighted by Gasteiger charge is 2.48. The number of aliphatic imine (C=N–C) groups is 1. The van der Waals surface area contributed by atoms with Gasteiger partial charge in [-0.3, -0.25) is 20.5 Å². The highest BCUT2D eigenvalue weighted by molar-refractivity contribution is 6.46. The minimum absolute atomic E-state index is 0.168. The van der Waals surface area contributed by atoms with Gasteiger partial charge in [-0.05, 0) is 0 Å². The van der Waals surface area contributed by atoms with Crippen molar-refractivity contribution in [3.8, 4) is 0 Å². The maximum atomic E-state index is 11.7. The number of carbonyl (C=O) groups is 1. The van der Waals surface area contributed by atoms with Crippen LogP contribution in [0.3, 0.4) is 0 Å². The summed E-state index contributed by atoms with van der Waals surface area (Å²) < 4.78 is 5.40. The van der Waals surface area contributed by atoms with Gasteiger partial charge in [0.1, 0.15) is 36.2 Å². The molecule has 1 amide bonds. The summed E-state index contributed by atoms with van der Waals surface area (Å²) in [6.07, 6.45) is -2.84. The van der Waals surface area contributed by atoms with Crippen molar-refractivity contribution in [2.24, 2.45) is 4.99 Å². The van der Waals surface area contributed by atoms with Gasteiger partial charge in [-0.25, -0.2) is 0 Å². The fourth-order valence-corrected chi connectivity index (χ4v) is 2.56. The maximum Gasteiger partial charge on any atom is 0.274 e. The fourth-order valence-electron chi connectivity index (χ4n) is 2.56. The highest BCUT2D eigenvalue weighted by atomic mass is 16.6. The lowest BCUT2D eigenvalue weighted by Gasteiger charge is -2.28. The largest absolute Gasteiger partial charge is 0.394 e. The van der Waals surface area contributed by atoms with Crippen LogP contribution in [0, 0.1) is 5.41 Å². The average Bonchev–Trinajstić information content (AvgIpc) is 2.93. The molecule has 0 aromatic carbocycles. The summed E-state index contributed by atoms with van der Waals surface area (Å²) in [6.45, 7) is -0.426. The van der Waals surface area contributed by atoms with Crippen LogP contribution in [0.15, 0.2) is 16.8 Å². The zero-order valence-electron chi connectivity index (χ0n) is 10.3. The van der Waals surface area contributed by atoms with Gasteiger partial charge < -0.3 is 25.4 Å². The molecular formula is C11H14N4O5. The molecule has 6 N–H and O–H groups in total. The summed E-state index contributed by atoms with van der Waals surface area (Å²) in [7, 11) is 0. The number of guanidine groups is 1. The van der Waals surface area contributed by atoms with E-state index in [0.29, 0.717) is 5.57 Å². The number of carbonyl (C=O) groups excluding carboxylic acids is 1. The Hall–Kier alpha value is -1.81. The molecule has 5 atom stereocenters. The predicted molar refractivity (Wildman–Crippen MR) is 66.1 cm³/mol. The first-order valence-electron chi connectivity index (χ1n) is 6.09. The van der Waals surface area contributed by atoms with Crippen molar-refractivity contribution in [1.82, 2.24) is 10.6 Å². The van der Waals surface area contributed by atoms with Gasteiger partial charge in [-0.1, -0.05) is 0 Å². The van der Waals surface area contributed by atoms with E-state index in [1.807, 2.05) is 0 Å². The Labute approximate surface area is 113 Å². The van der Waals surface area contributed by atoms with Gasteiger partial charge >= 0.3 is 0 Å². The monoisotopic (exact) mass is 282 g/mol. The molecular weight excluding hydrogens is 268 g/mol. The number of aliphatic hydroxyl groups excluding tert-OH is 3. The Kier molecular flexibility index (Phi) is 3.05. The van der Waals surface area contributed by atoms with Crippen LogP contribution in [0.4, 0.5) is 0 Å². The first-order valence-corrected chi connectivity index (χ1v) is 6.09. The van der Waals surface area contributed by atoms with Crippen LogP contribution in [0.1, 0.15) is 0 Å². The number of nitrogens with one attached hydrogen (secondary N) is 3. The third-order valence-electron chi connectivity index (χ3n) is 3.59. The molecule has 0 aromatic heterocycles. The van der Waals surface area contributed by atoms with Crippen LogP contribution in [0.25, 0.3) is 0 Å². The van der Waals surface area contributed by atoms with Gasteiger partial charge in [0.15, 0.2) is 5.96 Å². The molecule has 20 heavy (non-hydrogen) atoms. The molecule has 3 aliphatic heterocycles. The molecule has 2 fully saturated rings. The molecule has 3 aliphatic rings. The first kappa shape index (κ1) is 13.2. The van der Waals surface area contributed by atoms with Crippen LogP contribution in [-0.4, -0.2) is 70.0 Å². The normalized spacial score (nSPS) is 39.9. The Morgan fingerprint density at radius 2 is 2.15 bits per heavy atom. The van der Waals surface area contributed by atoms with Crippen molar-refractivity contribution in [2.45, 2.75) is 30.5 Å². The van der Waals surface area contributed by atoms with E-state index in [4.69, 9.17) is 15.3 Å². The number of aliphatic hydroxyl groups is 3. The lowest BCUT2D eigenvalue weighted by molar-refractivity contribution is -0.114. The first-order chi connectivity index (χ1) is 9.52. The van der Waals surface area contributed by atoms with E-state index < -0.39 is 43.0 Å². The van der Waals surface area contributed by atoms with E-state index >= 15 is 0 Å². The standard InChI is InChI=1S/C11H14N4O5/c12-11-14-5-3(1-13-6(5)10(19)15-11)9-8(18)7(17)4(2-16)20-9/h1,4-5,7-9,16-18H,2H2,(H3,12,14,15,19)/t4-,5?,7-,8-,9+/m1/s1. The number of ether oxygens (including phenoxy) is 1. The van der Waals surface area contributed by atoms with E-state index in [9.17, 15) is 15.0 Å². The summed E-state index contributed by atoms with van der Waals surface area (Å²) in [5, 5.41) is 41.3. The quantitative estimate of drug-likeness (QED) is 0.315. The minimum atomic E-state index is -1.23. The fraction of sp³-hybridized carbons (Fsp3) is 0.545. The van der Waals surface area contributed by atoms with Crippen LogP contribution >= 0.6 is 0 Å². The lowest BCUT2D eigenvalue weighted by Crippen LogP contribution is -2.60. The van der Waals surface area contributed by atoms with E-state index in [0.717, 1.165) is 0 Å². The van der Waals surface area contributed by atoms with Crippen molar-refractivity contribution >= 4 is 17.6 Å². The van der Waals surface area contributed by atoms with Gasteiger partial charge in [0.25, 0.3) is 5.91 Å². The Morgan fingerprint density at radius 3 is 2.80 bits per heavy atom. The third-order valence-corrected chi connectivity index (χ3v) is 3.59. The third kappa shape index (κ3) is 1.83. The maximum absolute atomic E-state index is 11.7. The number of amides is 1. The van der Waals surface area contributed by atoms with Gasteiger partial charge in [0.05, 0.1) is 6.61 Å². The molecule has 9 nitrogen and oxygen atoms in total. The molecule has 3 heterocycles. The molecule has 0 aromatic rings. The van der Waals surface area contributed by atoms with Crippen LogP contribution in [0.2, 0.25) is 0 Å². The zero-order chi connectivity index (χ0) is 14.4. The average molecular weight is 282 g/mol. The van der Waals surface area contributed by atoms with Gasteiger partial charge in [-0.2, -0.15) is 0 Å². The highest BCUT2D eigenvalue weighted by Crippen LogP contribution is 2.31. The topological polar surface area (TPSA) is 147 Å². The van der Waals surface area contributed by atoms with E-state index in [1.165, 1.54) is 6.20 Å². The molecule has 2 saturated heterocycles. The molecule has 0 spiro atoms. The van der Waals surface area contributed by atoms with Crippen molar-refractivity contribution in [2.75, 3.05) is 6.61 Å². The number of hydrogen-bond acceptors (Lipinski definition) is 7. The predicted octanol–water partition coefficient (Wildman–Crippen LogP) is -3.17. The SMILES string of the molecule is N=C1NC(=O)C2=NC=C([C@@H]3O[C@H](CO)[C@@H](O)[C@H]3O)C2N1. The van der Waals surface area contributed by atoms with E-state index in [2.05, 4.69) is 15.6 Å². The second kappa shape index (κ2) is 4.63. The van der Waals surface area contributed by atoms with Crippen LogP contribution in [-0.2, 0) is 9.53 Å². The smallest absolute Gasteiger partial charge is 0.274 e. The molecule has 3 rings (SSSR count). The van der Waals surface area contributed by atoms with Crippen molar-refractivity contribution < 1.29 is 24.9 Å². The van der Waals surface area contributed by atoms with Gasteiger partial charge in [-0.15, -0.1) is 0 Å². The Morgan fingerprint density at radius 1 is 1.40 bits per heavy atom.